The zero-order chi connectivity index (χ0) is 22.0. The number of nitrogens with one attached hydrogen (secondary N) is 1. The molecule has 1 aromatic heterocycles. The number of anilines is 1. The smallest absolute Gasteiger partial charge is 0.375 e. The minimum Gasteiger partial charge on any atom is -0.449 e. The summed E-state index contributed by atoms with van der Waals surface area (Å²) in [5.74, 6) is -3.29. The van der Waals surface area contributed by atoms with Gasteiger partial charge in [-0.1, -0.05) is 11.6 Å². The number of ether oxygens (including phenoxy) is 1. The highest BCUT2D eigenvalue weighted by atomic mass is 19.1. The number of amides is 1. The third kappa shape index (κ3) is 4.32. The lowest BCUT2D eigenvalue weighted by Crippen LogP contribution is -2.30. The summed E-state index contributed by atoms with van der Waals surface area (Å²) >= 11 is 0. The van der Waals surface area contributed by atoms with Crippen LogP contribution in [-0.4, -0.2) is 22.9 Å². The van der Waals surface area contributed by atoms with Crippen molar-refractivity contribution in [1.29, 1.82) is 0 Å². The van der Waals surface area contributed by atoms with Crippen LogP contribution in [0.25, 0.3) is 11.0 Å². The van der Waals surface area contributed by atoms with Crippen LogP contribution in [0.3, 0.4) is 0 Å². The van der Waals surface area contributed by atoms with Crippen LogP contribution in [0.2, 0.25) is 0 Å². The van der Waals surface area contributed by atoms with Gasteiger partial charge in [-0.3, -0.25) is 19.7 Å². The Balaban J connectivity index is 1.74. The molecule has 1 N–H and O–H groups in total. The lowest BCUT2D eigenvalue weighted by Gasteiger charge is -2.13. The first-order valence-electron chi connectivity index (χ1n) is 8.66. The van der Waals surface area contributed by atoms with Crippen molar-refractivity contribution in [2.75, 3.05) is 5.32 Å². The molecule has 0 aliphatic rings. The molecule has 9 nitrogen and oxygen atoms in total. The van der Waals surface area contributed by atoms with Crippen LogP contribution in [0, 0.1) is 22.9 Å². The summed E-state index contributed by atoms with van der Waals surface area (Å²) in [5.41, 5.74) is -0.274. The molecule has 0 unspecified atom stereocenters. The van der Waals surface area contributed by atoms with Crippen molar-refractivity contribution < 1.29 is 28.1 Å². The molecule has 0 saturated carbocycles. The molecule has 1 heterocycles. The monoisotopic (exact) mass is 414 g/mol. The van der Waals surface area contributed by atoms with Crippen LogP contribution in [-0.2, 0) is 9.53 Å². The second-order valence-electron chi connectivity index (χ2n) is 6.43. The number of carbonyl (C=O) groups excluding carboxylic acids is 2. The fraction of sp³-hybridized carbons (Fsp3) is 0.150. The van der Waals surface area contributed by atoms with E-state index >= 15 is 0 Å². The van der Waals surface area contributed by atoms with E-state index in [2.05, 4.69) is 5.32 Å². The van der Waals surface area contributed by atoms with E-state index in [4.69, 9.17) is 9.15 Å². The fourth-order valence-electron chi connectivity index (χ4n) is 2.62. The Bertz CT molecular complexity index is 1240. The van der Waals surface area contributed by atoms with Gasteiger partial charge in [-0.15, -0.1) is 0 Å². The molecule has 0 fully saturated rings. The van der Waals surface area contributed by atoms with Crippen LogP contribution in [0.1, 0.15) is 23.0 Å². The topological polar surface area (TPSA) is 129 Å². The lowest BCUT2D eigenvalue weighted by atomic mass is 10.1. The Morgan fingerprint density at radius 1 is 1.20 bits per heavy atom. The van der Waals surface area contributed by atoms with E-state index in [-0.39, 0.29) is 17.0 Å². The van der Waals surface area contributed by atoms with E-state index in [1.54, 1.807) is 25.1 Å². The first-order chi connectivity index (χ1) is 14.2. The summed E-state index contributed by atoms with van der Waals surface area (Å²) in [6.07, 6.45) is -1.33. The Morgan fingerprint density at radius 2 is 1.93 bits per heavy atom. The SMILES string of the molecule is Cc1ccc2oc(C(=O)O[C@@H](C)C(=O)Nc3ccc(F)c([N+](=O)[O-])c3)cc(=O)c2c1. The average molecular weight is 414 g/mol. The van der Waals surface area contributed by atoms with Crippen LogP contribution < -0.4 is 10.7 Å². The van der Waals surface area contributed by atoms with Gasteiger partial charge < -0.3 is 14.5 Å². The number of hydrogen-bond acceptors (Lipinski definition) is 7. The van der Waals surface area contributed by atoms with Gasteiger partial charge in [-0.25, -0.2) is 4.79 Å². The maximum absolute atomic E-state index is 13.4. The van der Waals surface area contributed by atoms with Gasteiger partial charge in [0.15, 0.2) is 11.5 Å². The number of nitro benzene ring substituents is 1. The van der Waals surface area contributed by atoms with E-state index in [1.165, 1.54) is 6.92 Å². The van der Waals surface area contributed by atoms with Gasteiger partial charge in [-0.2, -0.15) is 4.39 Å². The summed E-state index contributed by atoms with van der Waals surface area (Å²) in [7, 11) is 0. The standard InChI is InChI=1S/C20H15FN2O7/c1-10-3-6-17-13(7-10)16(24)9-18(30-17)20(26)29-11(2)19(25)22-12-4-5-14(21)15(8-12)23(27)28/h3-9,11H,1-2H3,(H,22,25)/t11-/m0/s1. The molecule has 1 atom stereocenters. The molecule has 3 aromatic rings. The van der Waals surface area contributed by atoms with E-state index in [9.17, 15) is 28.9 Å². The first-order valence-corrected chi connectivity index (χ1v) is 8.66. The molecule has 0 aliphatic carbocycles. The molecule has 10 heteroatoms. The van der Waals surface area contributed by atoms with Gasteiger partial charge in [0.25, 0.3) is 5.91 Å². The Kier molecular flexibility index (Phi) is 5.58. The van der Waals surface area contributed by atoms with Gasteiger partial charge in [0.05, 0.1) is 10.3 Å². The number of esters is 1. The predicted octanol–water partition coefficient (Wildman–Crippen LogP) is 3.33. The van der Waals surface area contributed by atoms with Crippen LogP contribution >= 0.6 is 0 Å². The molecule has 3 rings (SSSR count). The maximum Gasteiger partial charge on any atom is 0.375 e. The third-order valence-corrected chi connectivity index (χ3v) is 4.15. The summed E-state index contributed by atoms with van der Waals surface area (Å²) < 4.78 is 23.8. The van der Waals surface area contributed by atoms with Crippen molar-refractivity contribution in [3.63, 3.8) is 0 Å². The second kappa shape index (κ2) is 8.11. The minimum absolute atomic E-state index is 0.0522. The molecule has 154 valence electrons. The van der Waals surface area contributed by atoms with Crippen LogP contribution in [0.5, 0.6) is 0 Å². The summed E-state index contributed by atoms with van der Waals surface area (Å²) in [5, 5.41) is 13.4. The molecule has 0 spiro atoms. The highest BCUT2D eigenvalue weighted by Gasteiger charge is 2.23. The Hall–Kier alpha value is -4.08. The molecule has 0 radical (unpaired) electrons. The molecular formula is C20H15FN2O7. The normalized spacial score (nSPS) is 11.7. The third-order valence-electron chi connectivity index (χ3n) is 4.15. The first kappa shape index (κ1) is 20.6. The van der Waals surface area contributed by atoms with E-state index in [1.807, 2.05) is 0 Å². The Labute approximate surface area is 168 Å². The highest BCUT2D eigenvalue weighted by Crippen LogP contribution is 2.22. The largest absolute Gasteiger partial charge is 0.449 e. The lowest BCUT2D eigenvalue weighted by molar-refractivity contribution is -0.387. The number of benzene rings is 2. The van der Waals surface area contributed by atoms with Crippen molar-refractivity contribution in [2.24, 2.45) is 0 Å². The number of fused-ring (bicyclic) bond motifs is 1. The number of nitro groups is 1. The zero-order valence-electron chi connectivity index (χ0n) is 15.8. The number of aryl methyl sites for hydroxylation is 1. The summed E-state index contributed by atoms with van der Waals surface area (Å²) in [6.45, 7) is 3.06. The zero-order valence-corrected chi connectivity index (χ0v) is 15.8. The van der Waals surface area contributed by atoms with Crippen molar-refractivity contribution in [2.45, 2.75) is 20.0 Å². The number of halogens is 1. The number of carbonyl (C=O) groups is 2. The molecule has 1 amide bonds. The second-order valence-corrected chi connectivity index (χ2v) is 6.43. The summed E-state index contributed by atoms with van der Waals surface area (Å²) in [6, 6.07) is 8.63. The molecule has 0 saturated heterocycles. The fourth-order valence-corrected chi connectivity index (χ4v) is 2.62. The maximum atomic E-state index is 13.4. The minimum atomic E-state index is -1.33. The van der Waals surface area contributed by atoms with Crippen molar-refractivity contribution in [3.8, 4) is 0 Å². The van der Waals surface area contributed by atoms with Crippen LogP contribution in [0.15, 0.2) is 51.7 Å². The van der Waals surface area contributed by atoms with Gasteiger partial charge >= 0.3 is 11.7 Å². The number of hydrogen-bond donors (Lipinski definition) is 1. The molecule has 0 aliphatic heterocycles. The van der Waals surface area contributed by atoms with Gasteiger partial charge in [0.2, 0.25) is 11.6 Å². The number of nitrogens with zero attached hydrogens (tertiary/aromatic N) is 1. The molecular weight excluding hydrogens is 399 g/mol. The van der Waals surface area contributed by atoms with Gasteiger partial charge in [-0.05, 0) is 38.1 Å². The molecule has 2 aromatic carbocycles. The predicted molar refractivity (Wildman–Crippen MR) is 104 cm³/mol. The van der Waals surface area contributed by atoms with E-state index in [0.29, 0.717) is 5.39 Å². The van der Waals surface area contributed by atoms with Gasteiger partial charge in [0.1, 0.15) is 5.58 Å². The summed E-state index contributed by atoms with van der Waals surface area (Å²) in [4.78, 5) is 46.6. The molecule has 30 heavy (non-hydrogen) atoms. The van der Waals surface area contributed by atoms with Crippen molar-refractivity contribution >= 4 is 34.2 Å². The Morgan fingerprint density at radius 3 is 2.63 bits per heavy atom. The van der Waals surface area contributed by atoms with E-state index < -0.39 is 39.8 Å². The molecule has 0 bridgehead atoms. The van der Waals surface area contributed by atoms with Crippen molar-refractivity contribution in [3.05, 3.63) is 79.9 Å². The van der Waals surface area contributed by atoms with Crippen LogP contribution in [0.4, 0.5) is 15.8 Å². The average Bonchev–Trinajstić information content (AvgIpc) is 2.69. The van der Waals surface area contributed by atoms with E-state index in [0.717, 1.165) is 29.8 Å². The quantitative estimate of drug-likeness (QED) is 0.385. The van der Waals surface area contributed by atoms with Crippen molar-refractivity contribution in [1.82, 2.24) is 0 Å². The van der Waals surface area contributed by atoms with Gasteiger partial charge in [0, 0.05) is 17.8 Å². The number of rotatable bonds is 5. The highest BCUT2D eigenvalue weighted by molar-refractivity contribution is 5.97.